The van der Waals surface area contributed by atoms with E-state index in [0.29, 0.717) is 18.8 Å². The second-order valence-corrected chi connectivity index (χ2v) is 8.52. The number of nitrogens with zero attached hydrogens (tertiary/aromatic N) is 2. The highest BCUT2D eigenvalue weighted by Gasteiger charge is 2.43. The Labute approximate surface area is 197 Å². The second-order valence-electron chi connectivity index (χ2n) is 8.52. The van der Waals surface area contributed by atoms with E-state index >= 15 is 4.39 Å². The van der Waals surface area contributed by atoms with E-state index in [-0.39, 0.29) is 57.6 Å². The molecule has 3 aromatic carbocycles. The molecule has 6 nitrogen and oxygen atoms in total. The van der Waals surface area contributed by atoms with Gasteiger partial charge in [-0.25, -0.2) is 13.2 Å². The summed E-state index contributed by atoms with van der Waals surface area (Å²) in [5.41, 5.74) is 1.14. The van der Waals surface area contributed by atoms with Gasteiger partial charge in [0.1, 0.15) is 23.3 Å². The van der Waals surface area contributed by atoms with Gasteiger partial charge in [0.2, 0.25) is 0 Å². The van der Waals surface area contributed by atoms with Crippen LogP contribution in [0.4, 0.5) is 13.2 Å². The average molecular weight is 477 g/mol. The number of halogens is 3. The fourth-order valence-electron chi connectivity index (χ4n) is 4.69. The van der Waals surface area contributed by atoms with Gasteiger partial charge in [-0.3, -0.25) is 0 Å². The SMILES string of the molecule is N#Cc1ccc(-c2ccc(-c3c(F)cc4[nH]c(OC5CO[C@@H]6CCO[C@H]56)nc4c3F)cc2)c(F)c1. The molecule has 2 aliphatic heterocycles. The summed E-state index contributed by atoms with van der Waals surface area (Å²) >= 11 is 0. The van der Waals surface area contributed by atoms with E-state index < -0.39 is 17.5 Å². The number of ether oxygens (including phenoxy) is 3. The van der Waals surface area contributed by atoms with Gasteiger partial charge in [0, 0.05) is 18.2 Å². The summed E-state index contributed by atoms with van der Waals surface area (Å²) in [6.45, 7) is 0.926. The zero-order chi connectivity index (χ0) is 24.1. The van der Waals surface area contributed by atoms with Crippen molar-refractivity contribution in [2.75, 3.05) is 13.2 Å². The van der Waals surface area contributed by atoms with E-state index in [1.165, 1.54) is 30.3 Å². The van der Waals surface area contributed by atoms with Crippen LogP contribution in [0.1, 0.15) is 12.0 Å². The van der Waals surface area contributed by atoms with Gasteiger partial charge in [0.05, 0.1) is 35.4 Å². The number of imidazole rings is 1. The van der Waals surface area contributed by atoms with E-state index in [9.17, 15) is 8.78 Å². The Bertz CT molecular complexity index is 1480. The van der Waals surface area contributed by atoms with E-state index in [0.717, 1.165) is 12.5 Å². The molecule has 2 fully saturated rings. The van der Waals surface area contributed by atoms with Crippen molar-refractivity contribution in [2.45, 2.75) is 24.7 Å². The average Bonchev–Trinajstić information content (AvgIpc) is 3.57. The number of nitriles is 1. The van der Waals surface area contributed by atoms with Crippen molar-refractivity contribution >= 4 is 11.0 Å². The molecule has 35 heavy (non-hydrogen) atoms. The lowest BCUT2D eigenvalue weighted by Gasteiger charge is -2.15. The third-order valence-electron chi connectivity index (χ3n) is 6.41. The van der Waals surface area contributed by atoms with Crippen LogP contribution in [0.25, 0.3) is 33.3 Å². The van der Waals surface area contributed by atoms with Crippen LogP contribution in [0.15, 0.2) is 48.5 Å². The quantitative estimate of drug-likeness (QED) is 0.441. The van der Waals surface area contributed by atoms with Crippen molar-refractivity contribution in [2.24, 2.45) is 0 Å². The summed E-state index contributed by atoms with van der Waals surface area (Å²) in [5, 5.41) is 8.91. The van der Waals surface area contributed by atoms with Crippen LogP contribution in [0.3, 0.4) is 0 Å². The van der Waals surface area contributed by atoms with Crippen molar-refractivity contribution in [3.63, 3.8) is 0 Å². The minimum atomic E-state index is -0.832. The molecule has 2 saturated heterocycles. The standard InChI is InChI=1S/C26H18F3N3O3/c27-17-9-13(11-30)1-6-16(17)14-2-4-15(5-3-14)22-18(28)10-19-24(23(22)29)32-26(31-19)35-21-12-34-20-7-8-33-25(20)21/h1-6,9-10,20-21,25H,7-8,12H2,(H,31,32)/t20-,21?,25+/m1/s1. The van der Waals surface area contributed by atoms with Crippen LogP contribution in [0.5, 0.6) is 6.01 Å². The Hall–Kier alpha value is -3.87. The Morgan fingerprint density at radius 1 is 1.00 bits per heavy atom. The summed E-state index contributed by atoms with van der Waals surface area (Å²) in [7, 11) is 0. The first kappa shape index (κ1) is 21.6. The third-order valence-corrected chi connectivity index (χ3v) is 6.41. The normalized spacial score (nSPS) is 21.3. The van der Waals surface area contributed by atoms with Crippen LogP contribution in [0, 0.1) is 28.8 Å². The zero-order valence-electron chi connectivity index (χ0n) is 18.2. The first-order chi connectivity index (χ1) is 17.0. The van der Waals surface area contributed by atoms with E-state index in [2.05, 4.69) is 9.97 Å². The highest BCUT2D eigenvalue weighted by atomic mass is 19.1. The maximum Gasteiger partial charge on any atom is 0.295 e. The lowest BCUT2D eigenvalue weighted by molar-refractivity contribution is 0.0273. The second kappa shape index (κ2) is 8.41. The Kier molecular flexibility index (Phi) is 5.20. The number of aromatic amines is 1. The maximum absolute atomic E-state index is 15.4. The van der Waals surface area contributed by atoms with Crippen molar-refractivity contribution < 1.29 is 27.4 Å². The number of hydrogen-bond acceptors (Lipinski definition) is 5. The van der Waals surface area contributed by atoms with Gasteiger partial charge in [0.25, 0.3) is 6.01 Å². The molecular formula is C26H18F3N3O3. The number of hydrogen-bond donors (Lipinski definition) is 1. The fourth-order valence-corrected chi connectivity index (χ4v) is 4.69. The van der Waals surface area contributed by atoms with Gasteiger partial charge >= 0.3 is 0 Å². The predicted molar refractivity (Wildman–Crippen MR) is 120 cm³/mol. The predicted octanol–water partition coefficient (Wildman–Crippen LogP) is 5.12. The monoisotopic (exact) mass is 477 g/mol. The van der Waals surface area contributed by atoms with Crippen LogP contribution in [-0.2, 0) is 9.47 Å². The largest absolute Gasteiger partial charge is 0.456 e. The molecule has 176 valence electrons. The molecule has 9 heteroatoms. The molecule has 6 rings (SSSR count). The van der Waals surface area contributed by atoms with E-state index in [1.807, 2.05) is 6.07 Å². The topological polar surface area (TPSA) is 80.2 Å². The number of fused-ring (bicyclic) bond motifs is 2. The van der Waals surface area contributed by atoms with Crippen LogP contribution in [-0.4, -0.2) is 41.5 Å². The molecule has 3 atom stereocenters. The highest BCUT2D eigenvalue weighted by Crippen LogP contribution is 2.35. The first-order valence-electron chi connectivity index (χ1n) is 11.1. The van der Waals surface area contributed by atoms with Crippen molar-refractivity contribution in [1.29, 1.82) is 5.26 Å². The summed E-state index contributed by atoms with van der Waals surface area (Å²) in [4.78, 5) is 7.02. The Morgan fingerprint density at radius 3 is 2.57 bits per heavy atom. The minimum Gasteiger partial charge on any atom is -0.456 e. The van der Waals surface area contributed by atoms with Crippen LogP contribution < -0.4 is 4.74 Å². The van der Waals surface area contributed by atoms with Gasteiger partial charge in [-0.2, -0.15) is 10.2 Å². The van der Waals surface area contributed by atoms with Gasteiger partial charge in [-0.1, -0.05) is 30.3 Å². The molecule has 3 heterocycles. The molecule has 0 amide bonds. The number of H-pyrrole nitrogens is 1. The Morgan fingerprint density at radius 2 is 1.80 bits per heavy atom. The lowest BCUT2D eigenvalue weighted by atomic mass is 9.98. The van der Waals surface area contributed by atoms with Gasteiger partial charge < -0.3 is 19.2 Å². The third kappa shape index (κ3) is 3.71. The molecule has 0 spiro atoms. The molecule has 4 aromatic rings. The highest BCUT2D eigenvalue weighted by molar-refractivity contribution is 5.84. The smallest absolute Gasteiger partial charge is 0.295 e. The van der Waals surface area contributed by atoms with Crippen molar-refractivity contribution in [1.82, 2.24) is 9.97 Å². The number of benzene rings is 3. The van der Waals surface area contributed by atoms with Crippen LogP contribution in [0.2, 0.25) is 0 Å². The molecule has 2 aliphatic rings. The molecule has 0 bridgehead atoms. The number of rotatable bonds is 4. The molecular weight excluding hydrogens is 459 g/mol. The van der Waals surface area contributed by atoms with Crippen LogP contribution >= 0.6 is 0 Å². The number of aromatic nitrogens is 2. The first-order valence-corrected chi connectivity index (χ1v) is 11.1. The van der Waals surface area contributed by atoms with Crippen molar-refractivity contribution in [3.8, 4) is 34.3 Å². The minimum absolute atomic E-state index is 0.0223. The van der Waals surface area contributed by atoms with Crippen molar-refractivity contribution in [3.05, 3.63) is 71.5 Å². The summed E-state index contributed by atoms with van der Waals surface area (Å²) in [5.74, 6) is -2.16. The van der Waals surface area contributed by atoms with E-state index in [1.54, 1.807) is 12.1 Å². The molecule has 0 aliphatic carbocycles. The maximum atomic E-state index is 15.4. The molecule has 1 aromatic heterocycles. The summed E-state index contributed by atoms with van der Waals surface area (Å²) in [6, 6.07) is 13.4. The zero-order valence-corrected chi connectivity index (χ0v) is 18.2. The number of nitrogens with one attached hydrogen (secondary N) is 1. The Balaban J connectivity index is 1.31. The van der Waals surface area contributed by atoms with Gasteiger partial charge in [-0.15, -0.1) is 0 Å². The lowest BCUT2D eigenvalue weighted by Crippen LogP contribution is -2.32. The molecule has 1 N–H and O–H groups in total. The molecule has 0 radical (unpaired) electrons. The summed E-state index contributed by atoms with van der Waals surface area (Å²) < 4.78 is 61.9. The fraction of sp³-hybridized carbons (Fsp3) is 0.231. The molecule has 0 saturated carbocycles. The van der Waals surface area contributed by atoms with Gasteiger partial charge in [0.15, 0.2) is 11.9 Å². The van der Waals surface area contributed by atoms with Gasteiger partial charge in [-0.05, 0) is 29.7 Å². The summed E-state index contributed by atoms with van der Waals surface area (Å²) in [6.07, 6.45) is 0.182. The molecule has 1 unspecified atom stereocenters. The van der Waals surface area contributed by atoms with E-state index in [4.69, 9.17) is 19.5 Å².